The van der Waals surface area contributed by atoms with E-state index in [4.69, 9.17) is 14.2 Å². The molecule has 1 saturated heterocycles. The van der Waals surface area contributed by atoms with Gasteiger partial charge in [0.2, 0.25) is 6.79 Å². The maximum Gasteiger partial charge on any atom is 0.231 e. The maximum atomic E-state index is 13.6. The lowest BCUT2D eigenvalue weighted by Crippen LogP contribution is -2.48. The summed E-state index contributed by atoms with van der Waals surface area (Å²) in [6, 6.07) is 10.8. The summed E-state index contributed by atoms with van der Waals surface area (Å²) in [6.45, 7) is 2.72. The summed E-state index contributed by atoms with van der Waals surface area (Å²) in [4.78, 5) is 2.30. The SMILES string of the molecule is CN1C[C@@H]2c3cc(F)ccc3[C@]2(COc2ccc3c(c2)OCO3)C1. The van der Waals surface area contributed by atoms with Gasteiger partial charge in [-0.1, -0.05) is 6.07 Å². The summed E-state index contributed by atoms with van der Waals surface area (Å²) in [6.07, 6.45) is 0. The highest BCUT2D eigenvalue weighted by molar-refractivity contribution is 5.53. The predicted molar refractivity (Wildman–Crippen MR) is 86.4 cm³/mol. The number of hydrogen-bond donors (Lipinski definition) is 0. The van der Waals surface area contributed by atoms with Crippen molar-refractivity contribution in [1.29, 1.82) is 0 Å². The Morgan fingerprint density at radius 3 is 3.00 bits per heavy atom. The second-order valence-electron chi connectivity index (χ2n) is 6.94. The minimum absolute atomic E-state index is 0.0475. The number of likely N-dealkylation sites (N-methyl/N-ethyl adjacent to an activating group) is 1. The second-order valence-corrected chi connectivity index (χ2v) is 6.94. The van der Waals surface area contributed by atoms with Crippen LogP contribution in [0.4, 0.5) is 4.39 Å². The van der Waals surface area contributed by atoms with Crippen molar-refractivity contribution < 1.29 is 18.6 Å². The zero-order valence-corrected chi connectivity index (χ0v) is 13.4. The van der Waals surface area contributed by atoms with E-state index in [0.717, 1.165) is 35.9 Å². The van der Waals surface area contributed by atoms with Crippen LogP contribution < -0.4 is 14.2 Å². The Bertz CT molecular complexity index is 824. The number of nitrogens with zero attached hydrogens (tertiary/aromatic N) is 1. The highest BCUT2D eigenvalue weighted by Crippen LogP contribution is 2.56. The summed E-state index contributed by atoms with van der Waals surface area (Å²) in [5.41, 5.74) is 2.31. The Morgan fingerprint density at radius 1 is 1.21 bits per heavy atom. The maximum absolute atomic E-state index is 13.6. The second kappa shape index (κ2) is 4.86. The molecule has 0 saturated carbocycles. The third-order valence-corrected chi connectivity index (χ3v) is 5.48. The fraction of sp³-hybridized carbons (Fsp3) is 0.368. The van der Waals surface area contributed by atoms with Crippen LogP contribution in [0.2, 0.25) is 0 Å². The highest BCUT2D eigenvalue weighted by Gasteiger charge is 2.57. The number of fused-ring (bicyclic) bond motifs is 5. The van der Waals surface area contributed by atoms with Gasteiger partial charge >= 0.3 is 0 Å². The fourth-order valence-corrected chi connectivity index (χ4v) is 4.41. The minimum Gasteiger partial charge on any atom is -0.492 e. The number of rotatable bonds is 3. The molecule has 0 spiro atoms. The van der Waals surface area contributed by atoms with Crippen molar-refractivity contribution in [3.63, 3.8) is 0 Å². The van der Waals surface area contributed by atoms with Crippen LogP contribution in [-0.2, 0) is 5.41 Å². The monoisotopic (exact) mass is 327 g/mol. The number of halogens is 1. The molecule has 0 N–H and O–H groups in total. The molecule has 3 aliphatic rings. The lowest BCUT2D eigenvalue weighted by atomic mass is 9.58. The van der Waals surface area contributed by atoms with Gasteiger partial charge in [-0.05, 0) is 42.4 Å². The molecule has 0 aromatic heterocycles. The number of likely N-dealkylation sites (tertiary alicyclic amines) is 1. The summed E-state index contributed by atoms with van der Waals surface area (Å²) < 4.78 is 30.4. The van der Waals surface area contributed by atoms with Gasteiger partial charge in [0.15, 0.2) is 11.5 Å². The zero-order chi connectivity index (χ0) is 16.3. The normalized spacial score (nSPS) is 26.7. The van der Waals surface area contributed by atoms with E-state index in [1.807, 2.05) is 24.3 Å². The molecule has 124 valence electrons. The molecule has 0 unspecified atom stereocenters. The molecule has 5 heteroatoms. The zero-order valence-electron chi connectivity index (χ0n) is 13.4. The number of hydrogen-bond acceptors (Lipinski definition) is 4. The molecule has 2 aliphatic heterocycles. The lowest BCUT2D eigenvalue weighted by Gasteiger charge is -2.46. The van der Waals surface area contributed by atoms with Gasteiger partial charge in [-0.25, -0.2) is 4.39 Å². The van der Waals surface area contributed by atoms with Crippen LogP contribution in [0, 0.1) is 5.82 Å². The molecule has 0 radical (unpaired) electrons. The minimum atomic E-state index is -0.159. The average Bonchev–Trinajstić information content (AvgIpc) is 3.14. The molecule has 0 amide bonds. The van der Waals surface area contributed by atoms with E-state index in [9.17, 15) is 4.39 Å². The van der Waals surface area contributed by atoms with Gasteiger partial charge in [-0.2, -0.15) is 0 Å². The first-order chi connectivity index (χ1) is 11.7. The van der Waals surface area contributed by atoms with Crippen LogP contribution in [0.5, 0.6) is 17.2 Å². The van der Waals surface area contributed by atoms with Gasteiger partial charge in [0.05, 0.1) is 12.0 Å². The van der Waals surface area contributed by atoms with Gasteiger partial charge in [0.25, 0.3) is 0 Å². The van der Waals surface area contributed by atoms with Gasteiger partial charge in [0, 0.05) is 25.1 Å². The summed E-state index contributed by atoms with van der Waals surface area (Å²) in [5.74, 6) is 2.43. The molecule has 5 rings (SSSR count). The standard InChI is InChI=1S/C19H18FNO3/c1-21-8-16-14-6-12(20)2-4-15(14)19(16,9-21)10-22-13-3-5-17-18(7-13)24-11-23-17/h2-7,16H,8-11H2,1H3/t16-,19-/m1/s1. The van der Waals surface area contributed by atoms with Crippen LogP contribution in [-0.4, -0.2) is 38.4 Å². The van der Waals surface area contributed by atoms with Crippen molar-refractivity contribution in [3.05, 3.63) is 53.3 Å². The molecule has 1 fully saturated rings. The molecule has 0 bridgehead atoms. The lowest BCUT2D eigenvalue weighted by molar-refractivity contribution is 0.172. The Morgan fingerprint density at radius 2 is 2.08 bits per heavy atom. The van der Waals surface area contributed by atoms with Gasteiger partial charge in [0.1, 0.15) is 11.6 Å². The summed E-state index contributed by atoms with van der Waals surface area (Å²) >= 11 is 0. The molecule has 1 aliphatic carbocycles. The molecule has 2 heterocycles. The van der Waals surface area contributed by atoms with E-state index in [1.165, 1.54) is 5.56 Å². The largest absolute Gasteiger partial charge is 0.492 e. The van der Waals surface area contributed by atoms with Crippen molar-refractivity contribution in [2.24, 2.45) is 0 Å². The van der Waals surface area contributed by atoms with E-state index in [1.54, 1.807) is 12.1 Å². The van der Waals surface area contributed by atoms with Gasteiger partial charge < -0.3 is 19.1 Å². The molecule has 24 heavy (non-hydrogen) atoms. The van der Waals surface area contributed by atoms with E-state index in [2.05, 4.69) is 11.9 Å². The average molecular weight is 327 g/mol. The van der Waals surface area contributed by atoms with Crippen LogP contribution in [0.15, 0.2) is 36.4 Å². The van der Waals surface area contributed by atoms with E-state index in [0.29, 0.717) is 12.5 Å². The van der Waals surface area contributed by atoms with E-state index in [-0.39, 0.29) is 18.0 Å². The molecular weight excluding hydrogens is 309 g/mol. The van der Waals surface area contributed by atoms with Crippen molar-refractivity contribution in [2.45, 2.75) is 11.3 Å². The fourth-order valence-electron chi connectivity index (χ4n) is 4.41. The van der Waals surface area contributed by atoms with Crippen LogP contribution in [0.1, 0.15) is 17.0 Å². The molecule has 2 atom stereocenters. The smallest absolute Gasteiger partial charge is 0.231 e. The van der Waals surface area contributed by atoms with Crippen molar-refractivity contribution in [2.75, 3.05) is 33.5 Å². The summed E-state index contributed by atoms with van der Waals surface area (Å²) in [5, 5.41) is 0. The Hall–Kier alpha value is -2.27. The van der Waals surface area contributed by atoms with Crippen molar-refractivity contribution in [3.8, 4) is 17.2 Å². The number of ether oxygens (including phenoxy) is 3. The van der Waals surface area contributed by atoms with Crippen LogP contribution in [0.3, 0.4) is 0 Å². The Labute approximate surface area is 139 Å². The summed E-state index contributed by atoms with van der Waals surface area (Å²) in [7, 11) is 2.11. The van der Waals surface area contributed by atoms with E-state index >= 15 is 0 Å². The van der Waals surface area contributed by atoms with Crippen LogP contribution >= 0.6 is 0 Å². The first kappa shape index (κ1) is 14.1. The Kier molecular flexibility index (Phi) is 2.86. The Balaban J connectivity index is 1.42. The molecule has 2 aromatic rings. The molecule has 4 nitrogen and oxygen atoms in total. The van der Waals surface area contributed by atoms with Gasteiger partial charge in [-0.3, -0.25) is 0 Å². The van der Waals surface area contributed by atoms with Gasteiger partial charge in [-0.15, -0.1) is 0 Å². The predicted octanol–water partition coefficient (Wildman–Crippen LogP) is 2.91. The van der Waals surface area contributed by atoms with E-state index < -0.39 is 0 Å². The molecular formula is C19H18FNO3. The van der Waals surface area contributed by atoms with Crippen LogP contribution in [0.25, 0.3) is 0 Å². The highest BCUT2D eigenvalue weighted by atomic mass is 19.1. The van der Waals surface area contributed by atoms with Crippen molar-refractivity contribution in [1.82, 2.24) is 4.90 Å². The third-order valence-electron chi connectivity index (χ3n) is 5.48. The topological polar surface area (TPSA) is 30.9 Å². The molecule has 2 aromatic carbocycles. The number of benzene rings is 2. The third kappa shape index (κ3) is 1.88. The van der Waals surface area contributed by atoms with Crippen molar-refractivity contribution >= 4 is 0 Å². The first-order valence-electron chi connectivity index (χ1n) is 8.17. The first-order valence-corrected chi connectivity index (χ1v) is 8.17. The quantitative estimate of drug-likeness (QED) is 0.867.